The van der Waals surface area contributed by atoms with Crippen LogP contribution in [0, 0.1) is 0 Å². The van der Waals surface area contributed by atoms with Crippen molar-refractivity contribution in [3.05, 3.63) is 58.4 Å². The predicted molar refractivity (Wildman–Crippen MR) is 121 cm³/mol. The number of anilines is 1. The van der Waals surface area contributed by atoms with Gasteiger partial charge in [0.1, 0.15) is 17.1 Å². The number of nitrogens with one attached hydrogen (secondary N) is 1. The number of carboxylic acids is 1. The number of amides is 2. The quantitative estimate of drug-likeness (QED) is 0.0843. The zero-order valence-electron chi connectivity index (χ0n) is 17.6. The van der Waals surface area contributed by atoms with Gasteiger partial charge in [-0.2, -0.15) is 0 Å². The Balaban J connectivity index is 0.00000324. The van der Waals surface area contributed by atoms with Crippen molar-refractivity contribution in [2.24, 2.45) is 5.16 Å². The number of thiazole rings is 1. The number of carbonyl (C=O) groups excluding carboxylic acids is 3. The average molecular weight is 527 g/mol. The van der Waals surface area contributed by atoms with Crippen molar-refractivity contribution in [3.8, 4) is 0 Å². The van der Waals surface area contributed by atoms with Gasteiger partial charge in [0.05, 0.1) is 11.7 Å². The number of fused-ring (bicyclic) bond motifs is 1. The molecule has 0 radical (unpaired) electrons. The smallest absolute Gasteiger partial charge is 0.543 e. The summed E-state index contributed by atoms with van der Waals surface area (Å²) in [5.74, 6) is -2.63. The molecule has 2 atom stereocenters. The Labute approximate surface area is 227 Å². The summed E-state index contributed by atoms with van der Waals surface area (Å²) in [6, 6.07) is 2.62. The molecule has 2 aromatic rings. The minimum atomic E-state index is -1.48. The van der Waals surface area contributed by atoms with Crippen molar-refractivity contribution in [1.29, 1.82) is 0 Å². The predicted octanol–water partition coefficient (Wildman–Crippen LogP) is -2.99. The monoisotopic (exact) mass is 526 g/mol. The minimum absolute atomic E-state index is 0. The Kier molecular flexibility index (Phi) is 8.78. The number of carbonyl (C=O) groups is 3. The van der Waals surface area contributed by atoms with E-state index in [1.54, 1.807) is 23.9 Å². The first-order valence-corrected chi connectivity index (χ1v) is 12.1. The molecule has 2 aromatic heterocycles. The molecule has 4 N–H and O–H groups in total. The second kappa shape index (κ2) is 11.4. The van der Waals surface area contributed by atoms with Crippen LogP contribution < -0.4 is 45.7 Å². The Morgan fingerprint density at radius 3 is 2.74 bits per heavy atom. The first kappa shape index (κ1) is 26.2. The molecule has 1 fully saturated rings. The fourth-order valence-corrected chi connectivity index (χ4v) is 5.73. The molecule has 34 heavy (non-hydrogen) atoms. The Hall–Kier alpha value is -2.36. The van der Waals surface area contributed by atoms with Crippen LogP contribution in [0.4, 0.5) is 5.13 Å². The second-order valence-electron chi connectivity index (χ2n) is 6.65. The molecule has 0 saturated carbocycles. The fraction of sp³-hybridized carbons (Fsp3) is 0.158. The SMILES string of the molecule is Nc1nc(C(=NO)C(=O)NC2C(=O)N3C(C(=O)[O-])=C(C=CSc4ccncc4)CS[C@H]23)cs1.[Na+]. The Bertz CT molecular complexity index is 1200. The molecular formula is C19H15N6NaO5S3. The number of hydrogen-bond acceptors (Lipinski definition) is 12. The van der Waals surface area contributed by atoms with Gasteiger partial charge in [-0.05, 0) is 29.2 Å². The number of carboxylic acid groups (broad SMARTS) is 1. The maximum Gasteiger partial charge on any atom is 1.00 e. The van der Waals surface area contributed by atoms with E-state index in [9.17, 15) is 24.7 Å². The number of allylic oxidation sites excluding steroid dienone is 1. The number of β-lactam (4-membered cyclic amide) rings is 1. The molecule has 4 rings (SSSR count). The molecule has 0 aliphatic carbocycles. The van der Waals surface area contributed by atoms with Gasteiger partial charge in [0.25, 0.3) is 11.8 Å². The average Bonchev–Trinajstić information content (AvgIpc) is 3.23. The third kappa shape index (κ3) is 5.31. The number of nitrogens with two attached hydrogens (primary N) is 1. The van der Waals surface area contributed by atoms with Crippen LogP contribution in [-0.4, -0.2) is 60.7 Å². The standard InChI is InChI=1S/C19H16N6O5S3.Na/c20-19-22-11(8-33-19)12(24-30)15(26)23-13-16(27)25-14(18(28)29)9(7-32-17(13)25)3-6-31-10-1-4-21-5-2-10;/h1-6,8,13,17,30H,7H2,(H2,20,22)(H,23,26)(H,28,29);/q;+1/p-1/t13?,17-;/m1./s1. The number of oxime groups is 1. The topological polar surface area (TPSA) is 174 Å². The number of pyridine rings is 1. The Morgan fingerprint density at radius 2 is 2.12 bits per heavy atom. The molecule has 4 heterocycles. The number of nitrogen functional groups attached to an aromatic ring is 1. The summed E-state index contributed by atoms with van der Waals surface area (Å²) in [5, 5.41) is 29.2. The summed E-state index contributed by atoms with van der Waals surface area (Å²) in [7, 11) is 0. The van der Waals surface area contributed by atoms with Gasteiger partial charge < -0.3 is 26.2 Å². The molecule has 11 nitrogen and oxygen atoms in total. The molecule has 2 amide bonds. The summed E-state index contributed by atoms with van der Waals surface area (Å²) in [5.41, 5.74) is 5.39. The summed E-state index contributed by atoms with van der Waals surface area (Å²) >= 11 is 3.73. The third-order valence-electron chi connectivity index (χ3n) is 4.68. The van der Waals surface area contributed by atoms with E-state index < -0.39 is 34.9 Å². The van der Waals surface area contributed by atoms with E-state index in [4.69, 9.17) is 5.73 Å². The summed E-state index contributed by atoms with van der Waals surface area (Å²) in [6.07, 6.45) is 4.92. The van der Waals surface area contributed by atoms with Crippen molar-refractivity contribution in [2.75, 3.05) is 11.5 Å². The largest absolute Gasteiger partial charge is 1.00 e. The zero-order valence-corrected chi connectivity index (χ0v) is 22.0. The minimum Gasteiger partial charge on any atom is -0.543 e. The maximum absolute atomic E-state index is 12.7. The van der Waals surface area contributed by atoms with E-state index in [-0.39, 0.29) is 46.1 Å². The summed E-state index contributed by atoms with van der Waals surface area (Å²) in [4.78, 5) is 47.0. The third-order valence-corrected chi connectivity index (χ3v) is 7.47. The number of rotatable bonds is 7. The van der Waals surface area contributed by atoms with Crippen LogP contribution in [0.2, 0.25) is 0 Å². The molecule has 0 bridgehead atoms. The summed E-state index contributed by atoms with van der Waals surface area (Å²) in [6.45, 7) is 0. The molecule has 1 unspecified atom stereocenters. The van der Waals surface area contributed by atoms with Gasteiger partial charge >= 0.3 is 29.6 Å². The Morgan fingerprint density at radius 1 is 1.38 bits per heavy atom. The molecule has 1 saturated heterocycles. The summed E-state index contributed by atoms with van der Waals surface area (Å²) < 4.78 is 0. The molecular weight excluding hydrogens is 511 g/mol. The van der Waals surface area contributed by atoms with Gasteiger partial charge in [0.15, 0.2) is 10.8 Å². The normalized spacial score (nSPS) is 19.9. The van der Waals surface area contributed by atoms with E-state index in [2.05, 4.69) is 20.4 Å². The van der Waals surface area contributed by atoms with Crippen LogP contribution in [0.1, 0.15) is 5.69 Å². The van der Waals surface area contributed by atoms with Gasteiger partial charge in [0.2, 0.25) is 0 Å². The van der Waals surface area contributed by atoms with Crippen molar-refractivity contribution in [2.45, 2.75) is 16.3 Å². The number of thioether (sulfide) groups is 2. The second-order valence-corrected chi connectivity index (χ2v) is 9.62. The van der Waals surface area contributed by atoms with E-state index in [1.165, 1.54) is 28.9 Å². The molecule has 2 aliphatic heterocycles. The number of hydrogen-bond donors (Lipinski definition) is 3. The number of aliphatic carboxylic acids is 1. The molecule has 170 valence electrons. The van der Waals surface area contributed by atoms with Crippen LogP contribution in [0.25, 0.3) is 0 Å². The van der Waals surface area contributed by atoms with Crippen LogP contribution in [-0.2, 0) is 14.4 Å². The first-order chi connectivity index (χ1) is 15.9. The molecule has 0 spiro atoms. The molecule has 2 aliphatic rings. The van der Waals surface area contributed by atoms with Gasteiger partial charge in [0, 0.05) is 28.4 Å². The van der Waals surface area contributed by atoms with Crippen molar-refractivity contribution >= 4 is 63.5 Å². The van der Waals surface area contributed by atoms with Crippen LogP contribution in [0.3, 0.4) is 0 Å². The maximum atomic E-state index is 12.7. The van der Waals surface area contributed by atoms with E-state index in [0.29, 0.717) is 11.3 Å². The van der Waals surface area contributed by atoms with Crippen molar-refractivity contribution < 1.29 is 54.3 Å². The van der Waals surface area contributed by atoms with Gasteiger partial charge in [-0.25, -0.2) is 4.98 Å². The van der Waals surface area contributed by atoms with Crippen LogP contribution in [0.15, 0.2) is 62.7 Å². The van der Waals surface area contributed by atoms with Gasteiger partial charge in [-0.3, -0.25) is 19.5 Å². The van der Waals surface area contributed by atoms with Crippen molar-refractivity contribution in [1.82, 2.24) is 20.2 Å². The number of nitrogens with zero attached hydrogens (tertiary/aromatic N) is 4. The van der Waals surface area contributed by atoms with Crippen LogP contribution >= 0.6 is 34.9 Å². The van der Waals surface area contributed by atoms with Gasteiger partial charge in [-0.15, -0.1) is 23.1 Å². The molecule has 15 heteroatoms. The first-order valence-electron chi connectivity index (χ1n) is 9.27. The van der Waals surface area contributed by atoms with E-state index >= 15 is 0 Å². The van der Waals surface area contributed by atoms with Crippen LogP contribution in [0.5, 0.6) is 0 Å². The fourth-order valence-electron chi connectivity index (χ4n) is 3.19. The van der Waals surface area contributed by atoms with E-state index in [0.717, 1.165) is 21.1 Å². The van der Waals surface area contributed by atoms with Crippen molar-refractivity contribution in [3.63, 3.8) is 0 Å². The number of aromatic nitrogens is 2. The van der Waals surface area contributed by atoms with E-state index in [1.807, 2.05) is 12.1 Å². The zero-order chi connectivity index (χ0) is 23.5. The molecule has 0 aromatic carbocycles. The van der Waals surface area contributed by atoms with Gasteiger partial charge in [-0.1, -0.05) is 16.9 Å².